The predicted octanol–water partition coefficient (Wildman–Crippen LogP) is 2.41. The Morgan fingerprint density at radius 1 is 1.12 bits per heavy atom. The number of hydrogen-bond donors (Lipinski definition) is 1. The second-order valence-electron chi connectivity index (χ2n) is 7.44. The molecule has 2 aliphatic carbocycles. The highest BCUT2D eigenvalue weighted by atomic mass is 127. The van der Waals surface area contributed by atoms with Gasteiger partial charge in [-0.3, -0.25) is 9.89 Å². The van der Waals surface area contributed by atoms with Crippen LogP contribution in [0.25, 0.3) is 0 Å². The van der Waals surface area contributed by atoms with E-state index in [0.717, 1.165) is 50.1 Å². The maximum atomic E-state index is 5.24. The lowest BCUT2D eigenvalue weighted by molar-refractivity contribution is 0.144. The number of halogens is 1. The van der Waals surface area contributed by atoms with Crippen LogP contribution in [0.15, 0.2) is 4.99 Å². The molecule has 3 rings (SSSR count). The molecule has 6 heteroatoms. The average Bonchev–Trinajstić information content (AvgIpc) is 3.32. The van der Waals surface area contributed by atoms with E-state index in [9.17, 15) is 0 Å². The molecule has 0 aromatic carbocycles. The zero-order valence-corrected chi connectivity index (χ0v) is 17.7. The first-order valence-electron chi connectivity index (χ1n) is 9.50. The Hall–Kier alpha value is -0.0800. The van der Waals surface area contributed by atoms with E-state index in [4.69, 9.17) is 4.74 Å². The average molecular weight is 450 g/mol. The summed E-state index contributed by atoms with van der Waals surface area (Å²) in [7, 11) is 3.71. The Morgan fingerprint density at radius 3 is 2.33 bits per heavy atom. The minimum atomic E-state index is 0. The van der Waals surface area contributed by atoms with Crippen molar-refractivity contribution in [3.63, 3.8) is 0 Å². The fourth-order valence-corrected chi connectivity index (χ4v) is 4.35. The van der Waals surface area contributed by atoms with E-state index < -0.39 is 0 Å². The minimum Gasteiger partial charge on any atom is -0.383 e. The number of nitrogens with zero attached hydrogens (tertiary/aromatic N) is 3. The molecule has 2 unspecified atom stereocenters. The van der Waals surface area contributed by atoms with E-state index in [1.54, 1.807) is 7.11 Å². The standard InChI is InChI=1S/C18H34N4O.HI/c1-19-18(22-13-15-5-3-4-6-16(15)14-22)20-9-10-21(11-12-23-2)17-7-8-17;/h15-17H,3-14H2,1-2H3,(H,19,20);1H. The molecular weight excluding hydrogens is 415 g/mol. The van der Waals surface area contributed by atoms with Crippen LogP contribution in [0.4, 0.5) is 0 Å². The number of ether oxygens (including phenoxy) is 1. The number of fused-ring (bicyclic) bond motifs is 1. The number of methoxy groups -OCH3 is 1. The first-order valence-corrected chi connectivity index (χ1v) is 9.50. The summed E-state index contributed by atoms with van der Waals surface area (Å²) >= 11 is 0. The number of aliphatic imine (C=N–C) groups is 1. The summed E-state index contributed by atoms with van der Waals surface area (Å²) in [6.45, 7) is 6.38. The Labute approximate surface area is 164 Å². The van der Waals surface area contributed by atoms with Gasteiger partial charge in [0.25, 0.3) is 0 Å². The summed E-state index contributed by atoms with van der Waals surface area (Å²) in [5, 5.41) is 3.60. The van der Waals surface area contributed by atoms with E-state index in [1.807, 2.05) is 7.05 Å². The number of guanidine groups is 1. The molecule has 0 amide bonds. The first kappa shape index (κ1) is 20.2. The predicted molar refractivity (Wildman–Crippen MR) is 110 cm³/mol. The molecule has 3 aliphatic rings. The smallest absolute Gasteiger partial charge is 0.193 e. The SMILES string of the molecule is CN=C(NCCN(CCOC)C1CC1)N1CC2CCCCC2C1.I. The normalized spacial score (nSPS) is 27.1. The number of hydrogen-bond acceptors (Lipinski definition) is 3. The van der Waals surface area contributed by atoms with Gasteiger partial charge in [0.15, 0.2) is 5.96 Å². The van der Waals surface area contributed by atoms with Crippen molar-refractivity contribution in [2.24, 2.45) is 16.8 Å². The maximum absolute atomic E-state index is 5.24. The third-order valence-electron chi connectivity index (χ3n) is 5.82. The zero-order chi connectivity index (χ0) is 16.1. The molecule has 0 radical (unpaired) electrons. The molecule has 0 bridgehead atoms. The first-order chi connectivity index (χ1) is 11.3. The lowest BCUT2D eigenvalue weighted by atomic mass is 9.82. The Kier molecular flexibility index (Phi) is 8.57. The Morgan fingerprint density at radius 2 is 1.79 bits per heavy atom. The summed E-state index contributed by atoms with van der Waals surface area (Å²) in [6, 6.07) is 0.795. The second kappa shape index (κ2) is 10.2. The summed E-state index contributed by atoms with van der Waals surface area (Å²) < 4.78 is 5.24. The molecule has 140 valence electrons. The highest BCUT2D eigenvalue weighted by molar-refractivity contribution is 14.0. The van der Waals surface area contributed by atoms with Gasteiger partial charge < -0.3 is 15.0 Å². The summed E-state index contributed by atoms with van der Waals surface area (Å²) in [5.41, 5.74) is 0. The lowest BCUT2D eigenvalue weighted by Gasteiger charge is -2.25. The second-order valence-corrected chi connectivity index (χ2v) is 7.44. The lowest BCUT2D eigenvalue weighted by Crippen LogP contribution is -2.44. The van der Waals surface area contributed by atoms with Crippen LogP contribution >= 0.6 is 24.0 Å². The minimum absolute atomic E-state index is 0. The summed E-state index contributed by atoms with van der Waals surface area (Å²) in [5.74, 6) is 2.93. The van der Waals surface area contributed by atoms with Gasteiger partial charge >= 0.3 is 0 Å². The van der Waals surface area contributed by atoms with E-state index in [0.29, 0.717) is 0 Å². The van der Waals surface area contributed by atoms with Crippen molar-refractivity contribution >= 4 is 29.9 Å². The van der Waals surface area contributed by atoms with Gasteiger partial charge in [-0.15, -0.1) is 24.0 Å². The van der Waals surface area contributed by atoms with Gasteiger partial charge in [0.1, 0.15) is 0 Å². The fraction of sp³-hybridized carbons (Fsp3) is 0.944. The third-order valence-corrected chi connectivity index (χ3v) is 5.82. The van der Waals surface area contributed by atoms with E-state index in [1.165, 1.54) is 51.6 Å². The largest absolute Gasteiger partial charge is 0.383 e. The number of likely N-dealkylation sites (tertiary alicyclic amines) is 1. The molecule has 3 fully saturated rings. The van der Waals surface area contributed by atoms with Gasteiger partial charge in [-0.1, -0.05) is 12.8 Å². The number of rotatable bonds is 7. The van der Waals surface area contributed by atoms with E-state index in [2.05, 4.69) is 20.1 Å². The molecular formula is C18H35IN4O. The molecule has 2 saturated carbocycles. The van der Waals surface area contributed by atoms with Crippen molar-refractivity contribution in [1.29, 1.82) is 0 Å². The highest BCUT2D eigenvalue weighted by Crippen LogP contribution is 2.35. The molecule has 0 spiro atoms. The molecule has 1 heterocycles. The van der Waals surface area contributed by atoms with Crippen LogP contribution in [0.1, 0.15) is 38.5 Å². The van der Waals surface area contributed by atoms with Gasteiger partial charge in [0.2, 0.25) is 0 Å². The molecule has 2 atom stereocenters. The van der Waals surface area contributed by atoms with Crippen molar-refractivity contribution in [1.82, 2.24) is 15.1 Å². The van der Waals surface area contributed by atoms with Crippen molar-refractivity contribution in [2.75, 3.05) is 53.5 Å². The quantitative estimate of drug-likeness (QED) is 0.368. The van der Waals surface area contributed by atoms with Gasteiger partial charge in [0.05, 0.1) is 6.61 Å². The molecule has 0 aromatic rings. The van der Waals surface area contributed by atoms with Gasteiger partial charge in [-0.05, 0) is 37.5 Å². The Bertz CT molecular complexity index is 388. The third kappa shape index (κ3) is 5.46. The number of nitrogens with one attached hydrogen (secondary N) is 1. The van der Waals surface area contributed by atoms with Crippen molar-refractivity contribution in [3.05, 3.63) is 0 Å². The van der Waals surface area contributed by atoms with E-state index in [-0.39, 0.29) is 24.0 Å². The molecule has 1 saturated heterocycles. The van der Waals surface area contributed by atoms with Crippen molar-refractivity contribution in [2.45, 2.75) is 44.6 Å². The molecule has 1 aliphatic heterocycles. The van der Waals surface area contributed by atoms with Crippen LogP contribution in [-0.4, -0.2) is 75.3 Å². The maximum Gasteiger partial charge on any atom is 0.193 e. The fourth-order valence-electron chi connectivity index (χ4n) is 4.35. The van der Waals surface area contributed by atoms with Crippen LogP contribution < -0.4 is 5.32 Å². The summed E-state index contributed by atoms with van der Waals surface area (Å²) in [4.78, 5) is 9.60. The van der Waals surface area contributed by atoms with Crippen LogP contribution in [0.5, 0.6) is 0 Å². The summed E-state index contributed by atoms with van der Waals surface area (Å²) in [6.07, 6.45) is 8.41. The van der Waals surface area contributed by atoms with Gasteiger partial charge in [-0.25, -0.2) is 0 Å². The molecule has 24 heavy (non-hydrogen) atoms. The topological polar surface area (TPSA) is 40.1 Å². The monoisotopic (exact) mass is 450 g/mol. The Balaban J connectivity index is 0.00000208. The van der Waals surface area contributed by atoms with Crippen LogP contribution in [0.3, 0.4) is 0 Å². The van der Waals surface area contributed by atoms with Gasteiger partial charge in [-0.2, -0.15) is 0 Å². The van der Waals surface area contributed by atoms with Crippen LogP contribution in [0.2, 0.25) is 0 Å². The highest BCUT2D eigenvalue weighted by Gasteiger charge is 2.35. The molecule has 0 aromatic heterocycles. The van der Waals surface area contributed by atoms with Crippen LogP contribution in [0, 0.1) is 11.8 Å². The van der Waals surface area contributed by atoms with E-state index >= 15 is 0 Å². The molecule has 5 nitrogen and oxygen atoms in total. The zero-order valence-electron chi connectivity index (χ0n) is 15.4. The van der Waals surface area contributed by atoms with Crippen molar-refractivity contribution in [3.8, 4) is 0 Å². The van der Waals surface area contributed by atoms with Crippen molar-refractivity contribution < 1.29 is 4.74 Å². The van der Waals surface area contributed by atoms with Gasteiger partial charge in [0, 0.05) is 52.9 Å². The van der Waals surface area contributed by atoms with Crippen LogP contribution in [-0.2, 0) is 4.74 Å². The molecule has 1 N–H and O–H groups in total.